The van der Waals surface area contributed by atoms with Gasteiger partial charge in [-0.1, -0.05) is 64.4 Å². The van der Waals surface area contributed by atoms with Gasteiger partial charge in [0.05, 0.1) is 0 Å². The Hall–Kier alpha value is -1.88. The third kappa shape index (κ3) is 4.78. The second kappa shape index (κ2) is 8.96. The first-order valence-electron chi connectivity index (χ1n) is 13.4. The van der Waals surface area contributed by atoms with Gasteiger partial charge in [-0.25, -0.2) is 0 Å². The van der Waals surface area contributed by atoms with Gasteiger partial charge in [0.25, 0.3) is 0 Å². The molecule has 2 aromatic rings. The molecule has 3 aliphatic carbocycles. The van der Waals surface area contributed by atoms with Crippen LogP contribution >= 0.6 is 11.3 Å². The van der Waals surface area contributed by atoms with Crippen LogP contribution in [0.2, 0.25) is 0 Å². The van der Waals surface area contributed by atoms with Crippen LogP contribution in [-0.2, 0) is 17.3 Å². The maximum Gasteiger partial charge on any atom is 0.339 e. The van der Waals surface area contributed by atoms with E-state index >= 15 is 0 Å². The topological polar surface area (TPSA) is 56.0 Å². The maximum atomic E-state index is 13.6. The summed E-state index contributed by atoms with van der Waals surface area (Å²) in [5.74, 6) is 0.346. The van der Waals surface area contributed by atoms with E-state index in [2.05, 4.69) is 51.2 Å². The lowest BCUT2D eigenvalue weighted by molar-refractivity contribution is -0.610. The predicted octanol–water partition coefficient (Wildman–Crippen LogP) is 6.80. The zero-order chi connectivity index (χ0) is 24.1. The molecule has 1 N–H and O–H groups in total. The highest BCUT2D eigenvalue weighted by Gasteiger charge is 2.40. The van der Waals surface area contributed by atoms with Crippen molar-refractivity contribution in [3.05, 3.63) is 45.2 Å². The number of carbonyl (C=O) groups is 1. The largest absolute Gasteiger partial charge is 0.617 e. The minimum absolute atomic E-state index is 0.0225. The molecular formula is C29H40N2O2S. The van der Waals surface area contributed by atoms with E-state index < -0.39 is 0 Å². The number of thiazole rings is 1. The number of hydrogen-bond donors (Lipinski definition) is 1. The van der Waals surface area contributed by atoms with Gasteiger partial charge in [-0.15, -0.1) is 0 Å². The van der Waals surface area contributed by atoms with Crippen LogP contribution in [0.1, 0.15) is 119 Å². The van der Waals surface area contributed by atoms with Gasteiger partial charge in [0, 0.05) is 12.5 Å². The van der Waals surface area contributed by atoms with Crippen molar-refractivity contribution in [1.82, 2.24) is 5.32 Å². The number of benzene rings is 1. The van der Waals surface area contributed by atoms with Crippen molar-refractivity contribution in [1.29, 1.82) is 0 Å². The molecule has 0 radical (unpaired) electrons. The van der Waals surface area contributed by atoms with Crippen molar-refractivity contribution in [3.63, 3.8) is 0 Å². The summed E-state index contributed by atoms with van der Waals surface area (Å²) in [7, 11) is 0. The van der Waals surface area contributed by atoms with Gasteiger partial charge in [-0.2, -0.15) is 4.73 Å². The van der Waals surface area contributed by atoms with Crippen molar-refractivity contribution in [2.24, 2.45) is 5.92 Å². The molecule has 0 aliphatic heterocycles. The Morgan fingerprint density at radius 3 is 2.38 bits per heavy atom. The summed E-state index contributed by atoms with van der Waals surface area (Å²) in [4.78, 5) is 14.1. The zero-order valence-electron chi connectivity index (χ0n) is 21.3. The van der Waals surface area contributed by atoms with Gasteiger partial charge >= 0.3 is 10.9 Å². The molecule has 1 aromatic carbocycles. The molecule has 34 heavy (non-hydrogen) atoms. The van der Waals surface area contributed by atoms with Crippen LogP contribution in [-0.4, -0.2) is 11.9 Å². The van der Waals surface area contributed by atoms with E-state index in [-0.39, 0.29) is 22.8 Å². The first kappa shape index (κ1) is 23.8. The van der Waals surface area contributed by atoms with Crippen LogP contribution in [0, 0.1) is 11.1 Å². The predicted molar refractivity (Wildman–Crippen MR) is 139 cm³/mol. The standard InChI is InChI=1S/C29H40N2O2S/c1-28(2,3)21-16-20(17-22(18-21)29(4)13-14-29)25-24(15-19-9-6-5-7-10-19)31(33)27(34-25)26(32)30-23-11-8-12-23/h16-19,23H,5-15H2,1-4H3,(H,30,32). The van der Waals surface area contributed by atoms with E-state index in [1.165, 1.54) is 67.4 Å². The molecule has 0 unspecified atom stereocenters. The minimum atomic E-state index is -0.192. The highest BCUT2D eigenvalue weighted by Crippen LogP contribution is 2.49. The van der Waals surface area contributed by atoms with E-state index in [0.717, 1.165) is 46.5 Å². The van der Waals surface area contributed by atoms with Crippen LogP contribution < -0.4 is 10.0 Å². The fraction of sp³-hybridized carbons (Fsp3) is 0.655. The fourth-order valence-electron chi connectivity index (χ4n) is 5.43. The molecule has 0 bridgehead atoms. The third-order valence-electron chi connectivity index (χ3n) is 8.49. The molecule has 4 nitrogen and oxygen atoms in total. The van der Waals surface area contributed by atoms with Crippen molar-refractivity contribution >= 4 is 17.2 Å². The molecular weight excluding hydrogens is 440 g/mol. The van der Waals surface area contributed by atoms with Crippen molar-refractivity contribution in [2.45, 2.75) is 115 Å². The molecule has 5 rings (SSSR count). The summed E-state index contributed by atoms with van der Waals surface area (Å²) < 4.78 is 0.991. The van der Waals surface area contributed by atoms with E-state index in [9.17, 15) is 10.0 Å². The minimum Gasteiger partial charge on any atom is -0.617 e. The fourth-order valence-corrected chi connectivity index (χ4v) is 6.49. The van der Waals surface area contributed by atoms with E-state index in [1.54, 1.807) is 0 Å². The normalized spacial score (nSPS) is 20.7. The van der Waals surface area contributed by atoms with Gasteiger partial charge < -0.3 is 10.5 Å². The molecule has 5 heteroatoms. The maximum absolute atomic E-state index is 13.6. The third-order valence-corrected chi connectivity index (χ3v) is 9.71. The number of amides is 1. The quantitative estimate of drug-likeness (QED) is 0.365. The van der Waals surface area contributed by atoms with Gasteiger partial charge in [0.2, 0.25) is 5.69 Å². The smallest absolute Gasteiger partial charge is 0.339 e. The summed E-state index contributed by atoms with van der Waals surface area (Å²) in [6.07, 6.45) is 12.6. The Morgan fingerprint density at radius 1 is 1.09 bits per heavy atom. The second-order valence-electron chi connectivity index (χ2n) is 12.4. The van der Waals surface area contributed by atoms with Crippen LogP contribution in [0.3, 0.4) is 0 Å². The summed E-state index contributed by atoms with van der Waals surface area (Å²) in [5, 5.41) is 17.0. The Bertz CT molecular complexity index is 1040. The highest BCUT2D eigenvalue weighted by atomic mass is 32.1. The number of carbonyl (C=O) groups excluding carboxylic acids is 1. The number of rotatable bonds is 6. The lowest BCUT2D eigenvalue weighted by atomic mass is 9.82. The molecule has 0 atom stereocenters. The second-order valence-corrected chi connectivity index (χ2v) is 13.4. The Kier molecular flexibility index (Phi) is 6.29. The molecule has 0 saturated heterocycles. The van der Waals surface area contributed by atoms with Crippen molar-refractivity contribution < 1.29 is 9.52 Å². The molecule has 1 heterocycles. The molecule has 1 aromatic heterocycles. The summed E-state index contributed by atoms with van der Waals surface area (Å²) in [5.41, 5.74) is 4.89. The SMILES string of the molecule is CC(C)(C)c1cc(-c2sc(C(=O)NC3CCC3)[n+]([O-])c2CC2CCCCC2)cc(C2(C)CC2)c1. The van der Waals surface area contributed by atoms with Crippen LogP contribution in [0.5, 0.6) is 0 Å². The monoisotopic (exact) mass is 480 g/mol. The zero-order valence-corrected chi connectivity index (χ0v) is 22.2. The Morgan fingerprint density at radius 2 is 1.79 bits per heavy atom. The molecule has 184 valence electrons. The molecule has 3 fully saturated rings. The van der Waals surface area contributed by atoms with Crippen molar-refractivity contribution in [3.8, 4) is 10.4 Å². The van der Waals surface area contributed by atoms with Crippen LogP contribution in [0.25, 0.3) is 10.4 Å². The van der Waals surface area contributed by atoms with E-state index in [0.29, 0.717) is 10.9 Å². The van der Waals surface area contributed by atoms with Gasteiger partial charge in [-0.05, 0) is 90.5 Å². The summed E-state index contributed by atoms with van der Waals surface area (Å²) >= 11 is 1.41. The van der Waals surface area contributed by atoms with E-state index in [1.807, 2.05) is 0 Å². The highest BCUT2D eigenvalue weighted by molar-refractivity contribution is 7.16. The molecule has 0 spiro atoms. The first-order valence-corrected chi connectivity index (χ1v) is 14.2. The number of aromatic nitrogens is 1. The Balaban J connectivity index is 1.58. The average Bonchev–Trinajstić information content (AvgIpc) is 3.45. The van der Waals surface area contributed by atoms with Gasteiger partial charge in [0.15, 0.2) is 0 Å². The lowest BCUT2D eigenvalue weighted by Gasteiger charge is -2.25. The van der Waals surface area contributed by atoms with Crippen molar-refractivity contribution in [2.75, 3.05) is 0 Å². The average molecular weight is 481 g/mol. The van der Waals surface area contributed by atoms with Gasteiger partial charge in [0.1, 0.15) is 4.88 Å². The molecule has 3 aliphatic rings. The summed E-state index contributed by atoms with van der Waals surface area (Å²) in [6.45, 7) is 9.12. The summed E-state index contributed by atoms with van der Waals surface area (Å²) in [6, 6.07) is 7.19. The number of hydrogen-bond acceptors (Lipinski definition) is 3. The Labute approximate surface area is 208 Å². The first-order chi connectivity index (χ1) is 16.1. The lowest BCUT2D eigenvalue weighted by Crippen LogP contribution is -2.45. The molecule has 3 saturated carbocycles. The number of nitrogens with one attached hydrogen (secondary N) is 1. The van der Waals surface area contributed by atoms with Gasteiger partial charge in [-0.3, -0.25) is 4.79 Å². The molecule has 1 amide bonds. The van der Waals surface area contributed by atoms with E-state index in [4.69, 9.17) is 0 Å². The van der Waals surface area contributed by atoms with Crippen LogP contribution in [0.15, 0.2) is 18.2 Å². The van der Waals surface area contributed by atoms with Crippen LogP contribution in [0.4, 0.5) is 0 Å². The number of nitrogens with zero attached hydrogens (tertiary/aromatic N) is 1.